The molecular weight excluding hydrogens is 834 g/mol. The number of ether oxygens (including phenoxy) is 2. The van der Waals surface area contributed by atoms with Crippen LogP contribution < -0.4 is 5.73 Å². The first-order chi connectivity index (χ1) is 31.8. The van der Waals surface area contributed by atoms with Gasteiger partial charge in [-0.3, -0.25) is 18.6 Å². The Bertz CT molecular complexity index is 1070. The number of carbonyl (C=O) groups is 2. The SMILES string of the molecule is CCCCCCCCCC/C=C\CCCCCCCCCCCC(=O)OC(COC(=O)CCCCCCCCCCCCCCCCCCCCCCCCC)COP(=O)(O)OCCN. The topological polar surface area (TPSA) is 134 Å². The summed E-state index contributed by atoms with van der Waals surface area (Å²) >= 11 is 0. The van der Waals surface area contributed by atoms with Crippen LogP contribution in [0.5, 0.6) is 0 Å². The van der Waals surface area contributed by atoms with Crippen molar-refractivity contribution in [2.45, 2.75) is 302 Å². The average molecular weight is 942 g/mol. The van der Waals surface area contributed by atoms with Crippen molar-refractivity contribution in [3.8, 4) is 0 Å². The van der Waals surface area contributed by atoms with Gasteiger partial charge in [-0.1, -0.05) is 257 Å². The first-order valence-corrected chi connectivity index (χ1v) is 29.7. The van der Waals surface area contributed by atoms with E-state index in [4.69, 9.17) is 24.3 Å². The second-order valence-corrected chi connectivity index (χ2v) is 20.6. The average Bonchev–Trinajstić information content (AvgIpc) is 3.30. The summed E-state index contributed by atoms with van der Waals surface area (Å²) < 4.78 is 33.0. The maximum absolute atomic E-state index is 12.7. The van der Waals surface area contributed by atoms with Crippen LogP contribution in [-0.2, 0) is 32.7 Å². The van der Waals surface area contributed by atoms with Gasteiger partial charge in [0.1, 0.15) is 6.61 Å². The van der Waals surface area contributed by atoms with Crippen LogP contribution in [0.4, 0.5) is 0 Å². The van der Waals surface area contributed by atoms with Crippen molar-refractivity contribution in [1.82, 2.24) is 0 Å². The van der Waals surface area contributed by atoms with Crippen LogP contribution in [0.3, 0.4) is 0 Å². The van der Waals surface area contributed by atoms with Crippen LogP contribution in [0, 0.1) is 0 Å². The van der Waals surface area contributed by atoms with Gasteiger partial charge in [0.2, 0.25) is 0 Å². The predicted octanol–water partition coefficient (Wildman–Crippen LogP) is 17.3. The molecule has 0 saturated carbocycles. The van der Waals surface area contributed by atoms with Crippen LogP contribution in [-0.4, -0.2) is 49.3 Å². The van der Waals surface area contributed by atoms with Gasteiger partial charge in [0, 0.05) is 19.4 Å². The van der Waals surface area contributed by atoms with Crippen LogP contribution in [0.15, 0.2) is 12.2 Å². The zero-order valence-electron chi connectivity index (χ0n) is 43.0. The van der Waals surface area contributed by atoms with E-state index in [0.717, 1.165) is 38.5 Å². The Hall–Kier alpha value is -1.25. The van der Waals surface area contributed by atoms with E-state index in [9.17, 15) is 19.0 Å². The summed E-state index contributed by atoms with van der Waals surface area (Å²) in [4.78, 5) is 35.1. The Morgan fingerprint density at radius 2 is 0.754 bits per heavy atom. The molecule has 0 rings (SSSR count). The maximum atomic E-state index is 12.7. The summed E-state index contributed by atoms with van der Waals surface area (Å²) in [6.45, 7) is 3.80. The van der Waals surface area contributed by atoms with E-state index in [0.29, 0.717) is 6.42 Å². The molecule has 2 unspecified atom stereocenters. The molecule has 0 aliphatic rings. The molecule has 9 nitrogen and oxygen atoms in total. The molecule has 386 valence electrons. The van der Waals surface area contributed by atoms with Gasteiger partial charge in [0.15, 0.2) is 6.10 Å². The van der Waals surface area contributed by atoms with Gasteiger partial charge in [-0.2, -0.15) is 0 Å². The number of nitrogens with two attached hydrogens (primary N) is 1. The molecule has 2 atom stereocenters. The van der Waals surface area contributed by atoms with E-state index >= 15 is 0 Å². The molecule has 0 radical (unpaired) electrons. The lowest BCUT2D eigenvalue weighted by molar-refractivity contribution is -0.161. The lowest BCUT2D eigenvalue weighted by Crippen LogP contribution is -2.29. The fraction of sp³-hybridized carbons (Fsp3) is 0.927. The highest BCUT2D eigenvalue weighted by molar-refractivity contribution is 7.47. The first kappa shape index (κ1) is 63.8. The van der Waals surface area contributed by atoms with Gasteiger partial charge in [-0.25, -0.2) is 4.57 Å². The van der Waals surface area contributed by atoms with Crippen LogP contribution >= 0.6 is 7.82 Å². The third-order valence-electron chi connectivity index (χ3n) is 12.7. The highest BCUT2D eigenvalue weighted by atomic mass is 31.2. The zero-order valence-corrected chi connectivity index (χ0v) is 43.9. The number of hydrogen-bond donors (Lipinski definition) is 2. The second-order valence-electron chi connectivity index (χ2n) is 19.2. The third-order valence-corrected chi connectivity index (χ3v) is 13.6. The van der Waals surface area contributed by atoms with E-state index in [-0.39, 0.29) is 38.6 Å². The van der Waals surface area contributed by atoms with Crippen LogP contribution in [0.25, 0.3) is 0 Å². The van der Waals surface area contributed by atoms with Gasteiger partial charge in [-0.15, -0.1) is 0 Å². The Morgan fingerprint density at radius 3 is 1.09 bits per heavy atom. The summed E-state index contributed by atoms with van der Waals surface area (Å²) in [7, 11) is -4.38. The standard InChI is InChI=1S/C55H108NO8P/c1-3-5-7-9-11-13-15-17-19-21-23-25-26-28-29-31-33-35-37-39-41-43-45-47-54(57)61-51-53(52-63-65(59,60)62-50-49-56)64-55(58)48-46-44-42-40-38-36-34-32-30-27-24-22-20-18-16-14-12-10-8-6-4-2/h22,24,53H,3-21,23,25-52,56H2,1-2H3,(H,59,60)/b24-22-. The number of hydrogen-bond acceptors (Lipinski definition) is 8. The third kappa shape index (κ3) is 52.0. The summed E-state index contributed by atoms with van der Waals surface area (Å²) in [5.74, 6) is -0.811. The number of phosphoric ester groups is 1. The van der Waals surface area contributed by atoms with Crippen molar-refractivity contribution in [2.24, 2.45) is 5.73 Å². The first-order valence-electron chi connectivity index (χ1n) is 28.2. The quantitative estimate of drug-likeness (QED) is 0.0264. The van der Waals surface area contributed by atoms with E-state index in [1.165, 1.54) is 225 Å². The Labute approximate surface area is 402 Å². The normalized spacial score (nSPS) is 13.1. The number of allylic oxidation sites excluding steroid dienone is 2. The lowest BCUT2D eigenvalue weighted by Gasteiger charge is -2.19. The number of phosphoric acid groups is 1. The van der Waals surface area contributed by atoms with E-state index < -0.39 is 26.5 Å². The molecule has 0 heterocycles. The molecule has 0 aromatic heterocycles. The molecule has 65 heavy (non-hydrogen) atoms. The summed E-state index contributed by atoms with van der Waals surface area (Å²) in [6.07, 6.45) is 58.3. The van der Waals surface area contributed by atoms with Crippen LogP contribution in [0.2, 0.25) is 0 Å². The monoisotopic (exact) mass is 942 g/mol. The summed E-state index contributed by atoms with van der Waals surface area (Å²) in [6, 6.07) is 0. The Balaban J connectivity index is 3.95. The Kier molecular flexibility index (Phi) is 51.1. The molecule has 10 heteroatoms. The molecule has 0 saturated heterocycles. The van der Waals surface area contributed by atoms with Crippen molar-refractivity contribution >= 4 is 19.8 Å². The van der Waals surface area contributed by atoms with Crippen LogP contribution in [0.1, 0.15) is 296 Å². The van der Waals surface area contributed by atoms with Gasteiger partial charge >= 0.3 is 19.8 Å². The van der Waals surface area contributed by atoms with Crippen molar-refractivity contribution in [1.29, 1.82) is 0 Å². The fourth-order valence-corrected chi connectivity index (χ4v) is 9.22. The molecule has 0 bridgehead atoms. The van der Waals surface area contributed by atoms with Gasteiger partial charge in [-0.05, 0) is 38.5 Å². The molecule has 0 aromatic carbocycles. The number of unbranched alkanes of at least 4 members (excludes halogenated alkanes) is 39. The minimum absolute atomic E-state index is 0.0564. The van der Waals surface area contributed by atoms with Crippen molar-refractivity contribution in [2.75, 3.05) is 26.4 Å². The highest BCUT2D eigenvalue weighted by Crippen LogP contribution is 2.43. The summed E-state index contributed by atoms with van der Waals surface area (Å²) in [5, 5.41) is 0. The number of rotatable bonds is 54. The van der Waals surface area contributed by atoms with E-state index in [1.54, 1.807) is 0 Å². The van der Waals surface area contributed by atoms with E-state index in [1.807, 2.05) is 0 Å². The number of esters is 2. The second kappa shape index (κ2) is 52.1. The smallest absolute Gasteiger partial charge is 0.462 e. The summed E-state index contributed by atoms with van der Waals surface area (Å²) in [5.41, 5.74) is 5.38. The molecule has 0 aliphatic carbocycles. The van der Waals surface area contributed by atoms with Crippen molar-refractivity contribution < 1.29 is 37.6 Å². The molecule has 0 fully saturated rings. The minimum atomic E-state index is -4.38. The van der Waals surface area contributed by atoms with E-state index in [2.05, 4.69) is 26.0 Å². The predicted molar refractivity (Wildman–Crippen MR) is 275 cm³/mol. The van der Waals surface area contributed by atoms with Gasteiger partial charge in [0.25, 0.3) is 0 Å². The molecule has 0 amide bonds. The van der Waals surface area contributed by atoms with Crippen molar-refractivity contribution in [3.63, 3.8) is 0 Å². The maximum Gasteiger partial charge on any atom is 0.472 e. The Morgan fingerprint density at radius 1 is 0.446 bits per heavy atom. The molecule has 0 aliphatic heterocycles. The number of carbonyl (C=O) groups excluding carboxylic acids is 2. The minimum Gasteiger partial charge on any atom is -0.462 e. The molecule has 0 spiro atoms. The molecule has 3 N–H and O–H groups in total. The lowest BCUT2D eigenvalue weighted by atomic mass is 10.0. The molecule has 0 aromatic rings. The molecular formula is C55H108NO8P. The van der Waals surface area contributed by atoms with Gasteiger partial charge < -0.3 is 20.1 Å². The van der Waals surface area contributed by atoms with Gasteiger partial charge in [0.05, 0.1) is 13.2 Å². The fourth-order valence-electron chi connectivity index (χ4n) is 8.46. The van der Waals surface area contributed by atoms with Crippen molar-refractivity contribution in [3.05, 3.63) is 12.2 Å². The largest absolute Gasteiger partial charge is 0.472 e. The highest BCUT2D eigenvalue weighted by Gasteiger charge is 2.26. The zero-order chi connectivity index (χ0) is 47.4.